The fourth-order valence-corrected chi connectivity index (χ4v) is 1.45. The molecule has 0 fully saturated rings. The Labute approximate surface area is 122 Å². The molecule has 0 saturated heterocycles. The van der Waals surface area contributed by atoms with Crippen LogP contribution in [0, 0.1) is 0 Å². The molecule has 0 atom stereocenters. The van der Waals surface area contributed by atoms with Gasteiger partial charge in [0.15, 0.2) is 0 Å². The van der Waals surface area contributed by atoms with E-state index in [0.29, 0.717) is 6.42 Å². The number of unbranched alkanes of at least 4 members (excludes halogenated alkanes) is 2. The second-order valence-electron chi connectivity index (χ2n) is 4.37. The summed E-state index contributed by atoms with van der Waals surface area (Å²) < 4.78 is 0. The first-order valence-corrected chi connectivity index (χ1v) is 7.29. The van der Waals surface area contributed by atoms with E-state index in [1.54, 1.807) is 0 Å². The Balaban J connectivity index is 3.54. The summed E-state index contributed by atoms with van der Waals surface area (Å²) in [7, 11) is 0. The van der Waals surface area contributed by atoms with Crippen LogP contribution in [-0.4, -0.2) is 11.1 Å². The minimum Gasteiger partial charge on any atom is -0.481 e. The van der Waals surface area contributed by atoms with Gasteiger partial charge in [0.2, 0.25) is 0 Å². The van der Waals surface area contributed by atoms with Crippen LogP contribution in [-0.2, 0) is 4.79 Å². The molecule has 0 radical (unpaired) electrons. The number of rotatable bonds is 11. The standard InChI is InChI=1S/C18H26O2/c1-2-3-4-5-6-7-8-9-10-11-12-13-14-15-16-17-18(19)20/h3-4,8-15H,2,5-7,16-17H2,1H3,(H,19,20)/b4-3+,9-8+,11-10+,13-12+,15-14+. The maximum Gasteiger partial charge on any atom is 0.303 e. The van der Waals surface area contributed by atoms with Crippen LogP contribution in [0.3, 0.4) is 0 Å². The normalized spacial score (nSPS) is 12.8. The summed E-state index contributed by atoms with van der Waals surface area (Å²) in [4.78, 5) is 10.3. The topological polar surface area (TPSA) is 37.3 Å². The molecule has 20 heavy (non-hydrogen) atoms. The van der Waals surface area contributed by atoms with Crippen LogP contribution < -0.4 is 0 Å². The summed E-state index contributed by atoms with van der Waals surface area (Å²) in [6.45, 7) is 2.15. The van der Waals surface area contributed by atoms with Crippen molar-refractivity contribution < 1.29 is 9.90 Å². The Morgan fingerprint density at radius 1 is 0.800 bits per heavy atom. The van der Waals surface area contributed by atoms with Gasteiger partial charge in [-0.3, -0.25) is 4.79 Å². The van der Waals surface area contributed by atoms with Crippen molar-refractivity contribution in [3.8, 4) is 0 Å². The van der Waals surface area contributed by atoms with Crippen molar-refractivity contribution in [3.63, 3.8) is 0 Å². The Morgan fingerprint density at radius 3 is 1.95 bits per heavy atom. The summed E-state index contributed by atoms with van der Waals surface area (Å²) in [5.41, 5.74) is 0. The second-order valence-corrected chi connectivity index (χ2v) is 4.37. The van der Waals surface area contributed by atoms with Crippen molar-refractivity contribution in [2.45, 2.75) is 45.4 Å². The molecule has 2 heteroatoms. The highest BCUT2D eigenvalue weighted by Gasteiger charge is 1.90. The predicted octanol–water partition coefficient (Wildman–Crippen LogP) is 5.21. The van der Waals surface area contributed by atoms with Gasteiger partial charge >= 0.3 is 5.97 Å². The van der Waals surface area contributed by atoms with E-state index in [4.69, 9.17) is 5.11 Å². The zero-order chi connectivity index (χ0) is 14.9. The maximum absolute atomic E-state index is 10.3. The van der Waals surface area contributed by atoms with E-state index in [1.807, 2.05) is 36.5 Å². The summed E-state index contributed by atoms with van der Waals surface area (Å²) in [5, 5.41) is 8.44. The highest BCUT2D eigenvalue weighted by molar-refractivity contribution is 5.66. The average molecular weight is 274 g/mol. The molecule has 0 aliphatic carbocycles. The number of carbonyl (C=O) groups is 1. The van der Waals surface area contributed by atoms with Gasteiger partial charge in [-0.1, -0.05) is 67.7 Å². The summed E-state index contributed by atoms with van der Waals surface area (Å²) in [6, 6.07) is 0. The van der Waals surface area contributed by atoms with E-state index in [0.717, 1.165) is 19.3 Å². The van der Waals surface area contributed by atoms with Crippen molar-refractivity contribution in [2.75, 3.05) is 0 Å². The summed E-state index contributed by atoms with van der Waals surface area (Å²) >= 11 is 0. The van der Waals surface area contributed by atoms with Gasteiger partial charge in [0, 0.05) is 6.42 Å². The van der Waals surface area contributed by atoms with E-state index < -0.39 is 5.97 Å². The first-order chi connectivity index (χ1) is 9.77. The quantitative estimate of drug-likeness (QED) is 0.319. The predicted molar refractivity (Wildman–Crippen MR) is 86.7 cm³/mol. The van der Waals surface area contributed by atoms with Gasteiger partial charge in [0.25, 0.3) is 0 Å². The molecule has 2 nitrogen and oxygen atoms in total. The van der Waals surface area contributed by atoms with Gasteiger partial charge in [0.1, 0.15) is 0 Å². The van der Waals surface area contributed by atoms with Crippen LogP contribution in [0.25, 0.3) is 0 Å². The number of carboxylic acid groups (broad SMARTS) is 1. The van der Waals surface area contributed by atoms with Crippen LogP contribution in [0.2, 0.25) is 0 Å². The lowest BCUT2D eigenvalue weighted by atomic mass is 10.2. The molecule has 0 rings (SSSR count). The third kappa shape index (κ3) is 16.2. The summed E-state index contributed by atoms with van der Waals surface area (Å²) in [6.07, 6.45) is 25.6. The molecule has 0 heterocycles. The van der Waals surface area contributed by atoms with Crippen LogP contribution in [0.15, 0.2) is 60.8 Å². The van der Waals surface area contributed by atoms with Gasteiger partial charge in [-0.25, -0.2) is 0 Å². The number of carboxylic acids is 1. The molecule has 1 N–H and O–H groups in total. The first kappa shape index (κ1) is 18.2. The molecule has 0 bridgehead atoms. The summed E-state index contributed by atoms with van der Waals surface area (Å²) in [5.74, 6) is -0.756. The third-order valence-corrected chi connectivity index (χ3v) is 2.50. The van der Waals surface area contributed by atoms with Crippen molar-refractivity contribution >= 4 is 5.97 Å². The molecule has 0 aromatic rings. The Bertz CT molecular complexity index is 371. The lowest BCUT2D eigenvalue weighted by Crippen LogP contribution is -1.91. The van der Waals surface area contributed by atoms with E-state index in [1.165, 1.54) is 6.42 Å². The van der Waals surface area contributed by atoms with Gasteiger partial charge in [0.05, 0.1) is 0 Å². The fourth-order valence-electron chi connectivity index (χ4n) is 1.45. The van der Waals surface area contributed by atoms with Crippen LogP contribution in [0.1, 0.15) is 45.4 Å². The monoisotopic (exact) mass is 274 g/mol. The Morgan fingerprint density at radius 2 is 1.35 bits per heavy atom. The number of allylic oxidation sites excluding steroid dienone is 10. The van der Waals surface area contributed by atoms with Crippen molar-refractivity contribution in [2.24, 2.45) is 0 Å². The van der Waals surface area contributed by atoms with Crippen molar-refractivity contribution in [1.82, 2.24) is 0 Å². The van der Waals surface area contributed by atoms with Crippen molar-refractivity contribution in [1.29, 1.82) is 0 Å². The largest absolute Gasteiger partial charge is 0.481 e. The molecule has 110 valence electrons. The molecule has 0 amide bonds. The second kappa shape index (κ2) is 15.2. The van der Waals surface area contributed by atoms with Gasteiger partial charge < -0.3 is 5.11 Å². The van der Waals surface area contributed by atoms with E-state index in [2.05, 4.69) is 31.2 Å². The molecule has 0 aliphatic rings. The van der Waals surface area contributed by atoms with Crippen molar-refractivity contribution in [3.05, 3.63) is 60.8 Å². The zero-order valence-corrected chi connectivity index (χ0v) is 12.4. The average Bonchev–Trinajstić information content (AvgIpc) is 2.43. The molecule has 0 spiro atoms. The van der Waals surface area contributed by atoms with Gasteiger partial charge in [-0.05, 0) is 32.1 Å². The van der Waals surface area contributed by atoms with E-state index in [9.17, 15) is 4.79 Å². The zero-order valence-electron chi connectivity index (χ0n) is 12.4. The first-order valence-electron chi connectivity index (χ1n) is 7.29. The minimum absolute atomic E-state index is 0.191. The highest BCUT2D eigenvalue weighted by Crippen LogP contribution is 1.99. The Hall–Kier alpha value is -1.83. The van der Waals surface area contributed by atoms with Crippen LogP contribution >= 0.6 is 0 Å². The third-order valence-electron chi connectivity index (χ3n) is 2.50. The molecule has 0 unspecified atom stereocenters. The van der Waals surface area contributed by atoms with E-state index >= 15 is 0 Å². The Kier molecular flexibility index (Phi) is 13.8. The van der Waals surface area contributed by atoms with Gasteiger partial charge in [-0.15, -0.1) is 0 Å². The number of hydrogen-bond donors (Lipinski definition) is 1. The minimum atomic E-state index is -0.756. The van der Waals surface area contributed by atoms with Crippen LogP contribution in [0.4, 0.5) is 0 Å². The molecular weight excluding hydrogens is 248 g/mol. The van der Waals surface area contributed by atoms with E-state index in [-0.39, 0.29) is 6.42 Å². The number of aliphatic carboxylic acids is 1. The molecule has 0 saturated carbocycles. The maximum atomic E-state index is 10.3. The van der Waals surface area contributed by atoms with Crippen LogP contribution in [0.5, 0.6) is 0 Å². The molecular formula is C18H26O2. The molecule has 0 aromatic heterocycles. The molecule has 0 aliphatic heterocycles. The molecule has 0 aromatic carbocycles. The smallest absolute Gasteiger partial charge is 0.303 e. The SMILES string of the molecule is CC/C=C/CCC/C=C/C=C/C=C/C=C/CCC(=O)O. The lowest BCUT2D eigenvalue weighted by Gasteiger charge is -1.88. The highest BCUT2D eigenvalue weighted by atomic mass is 16.4. The fraction of sp³-hybridized carbons (Fsp3) is 0.389. The lowest BCUT2D eigenvalue weighted by molar-refractivity contribution is -0.136. The van der Waals surface area contributed by atoms with Gasteiger partial charge in [-0.2, -0.15) is 0 Å². The number of hydrogen-bond acceptors (Lipinski definition) is 1.